The number of nitrogens with one attached hydrogen (secondary N) is 1. The number of rotatable bonds is 8. The predicted octanol–water partition coefficient (Wildman–Crippen LogP) is 3.90. The minimum absolute atomic E-state index is 0.0141. The van der Waals surface area contributed by atoms with Gasteiger partial charge in [-0.25, -0.2) is 0 Å². The fourth-order valence-electron chi connectivity index (χ4n) is 3.41. The van der Waals surface area contributed by atoms with E-state index in [0.29, 0.717) is 6.54 Å². The Kier molecular flexibility index (Phi) is 6.19. The van der Waals surface area contributed by atoms with Crippen LogP contribution in [0.25, 0.3) is 0 Å². The summed E-state index contributed by atoms with van der Waals surface area (Å²) in [7, 11) is 0. The van der Waals surface area contributed by atoms with Crippen LogP contribution in [0.15, 0.2) is 101 Å². The molecule has 0 spiro atoms. The first-order chi connectivity index (χ1) is 14.3. The number of quaternary nitrogens is 1. The molecule has 0 saturated heterocycles. The molecule has 0 unspecified atom stereocenters. The van der Waals surface area contributed by atoms with E-state index in [1.807, 2.05) is 77.4 Å². The third-order valence-corrected chi connectivity index (χ3v) is 5.75. The number of hydrogen-bond acceptors (Lipinski definition) is 3. The molecule has 1 amide bonds. The van der Waals surface area contributed by atoms with E-state index in [9.17, 15) is 4.79 Å². The lowest BCUT2D eigenvalue weighted by molar-refractivity contribution is -0.678. The fraction of sp³-hybridized carbons (Fsp3) is 0.125. The van der Waals surface area contributed by atoms with E-state index in [4.69, 9.17) is 4.42 Å². The van der Waals surface area contributed by atoms with E-state index in [2.05, 4.69) is 23.5 Å². The van der Waals surface area contributed by atoms with Crippen LogP contribution >= 0.6 is 11.3 Å². The number of thiophene rings is 1. The van der Waals surface area contributed by atoms with Crippen molar-refractivity contribution in [2.24, 2.45) is 0 Å². The van der Waals surface area contributed by atoms with Crippen LogP contribution < -0.4 is 10.6 Å². The molecule has 2 heterocycles. The van der Waals surface area contributed by atoms with Crippen molar-refractivity contribution >= 4 is 17.2 Å². The van der Waals surface area contributed by atoms with Crippen LogP contribution in [0, 0.1) is 0 Å². The van der Waals surface area contributed by atoms with Gasteiger partial charge in [-0.1, -0.05) is 66.7 Å². The summed E-state index contributed by atoms with van der Waals surface area (Å²) in [4.78, 5) is 14.0. The number of carbonyl (C=O) groups is 1. The molecule has 5 heteroatoms. The summed E-state index contributed by atoms with van der Waals surface area (Å²) in [6, 6.07) is 27.9. The van der Waals surface area contributed by atoms with E-state index in [1.54, 1.807) is 17.6 Å². The van der Waals surface area contributed by atoms with Gasteiger partial charge in [0.15, 0.2) is 18.3 Å². The molecule has 2 atom stereocenters. The maximum atomic E-state index is 12.9. The van der Waals surface area contributed by atoms with Crippen molar-refractivity contribution in [3.05, 3.63) is 118 Å². The molecular weight excluding hydrogens is 380 g/mol. The monoisotopic (exact) mass is 403 g/mol. The van der Waals surface area contributed by atoms with Crippen LogP contribution in [0.1, 0.15) is 33.8 Å². The maximum Gasteiger partial charge on any atom is 0.275 e. The van der Waals surface area contributed by atoms with Crippen LogP contribution in [0.5, 0.6) is 0 Å². The van der Waals surface area contributed by atoms with Gasteiger partial charge in [0.05, 0.1) is 12.3 Å². The summed E-state index contributed by atoms with van der Waals surface area (Å²) >= 11 is 1.65. The zero-order valence-corrected chi connectivity index (χ0v) is 16.7. The van der Waals surface area contributed by atoms with Crippen molar-refractivity contribution in [3.8, 4) is 0 Å². The third-order valence-electron chi connectivity index (χ3n) is 4.81. The summed E-state index contributed by atoms with van der Waals surface area (Å²) in [5.41, 5.74) is 2.18. The first-order valence-corrected chi connectivity index (χ1v) is 10.5. The van der Waals surface area contributed by atoms with E-state index < -0.39 is 0 Å². The standard InChI is InChI=1S/C24H22N2O2S/c27-22(26-24(21-14-8-16-29-21)19-11-5-2-6-12-19)17-25-23(20-13-7-15-28-20)18-9-3-1-4-10-18/h1-16,23-25H,17H2,(H,26,27)/p+1/t23-,24+/m1/s1. The molecule has 0 aliphatic rings. The highest BCUT2D eigenvalue weighted by Gasteiger charge is 2.23. The highest BCUT2D eigenvalue weighted by Crippen LogP contribution is 2.25. The first-order valence-electron chi connectivity index (χ1n) is 9.60. The fourth-order valence-corrected chi connectivity index (χ4v) is 4.21. The van der Waals surface area contributed by atoms with Crippen LogP contribution in [0.4, 0.5) is 0 Å². The number of benzene rings is 2. The smallest absolute Gasteiger partial charge is 0.275 e. The Labute approximate surface area is 174 Å². The van der Waals surface area contributed by atoms with Crippen molar-refractivity contribution in [1.82, 2.24) is 5.32 Å². The Bertz CT molecular complexity index is 1000. The van der Waals surface area contributed by atoms with Gasteiger partial charge in [-0.15, -0.1) is 11.3 Å². The first kappa shape index (κ1) is 19.2. The van der Waals surface area contributed by atoms with Gasteiger partial charge in [-0.3, -0.25) is 4.79 Å². The van der Waals surface area contributed by atoms with Crippen LogP contribution in [-0.2, 0) is 4.79 Å². The average Bonchev–Trinajstić information content (AvgIpc) is 3.48. The number of carbonyl (C=O) groups excluding carboxylic acids is 1. The number of amides is 1. The van der Waals surface area contributed by atoms with E-state index >= 15 is 0 Å². The second kappa shape index (κ2) is 9.37. The largest absolute Gasteiger partial charge is 0.463 e. The molecule has 0 aliphatic carbocycles. The molecule has 0 bridgehead atoms. The quantitative estimate of drug-likeness (QED) is 0.469. The van der Waals surface area contributed by atoms with Crippen molar-refractivity contribution in [1.29, 1.82) is 0 Å². The van der Waals surface area contributed by atoms with Crippen molar-refractivity contribution in [3.63, 3.8) is 0 Å². The second-order valence-electron chi connectivity index (χ2n) is 6.77. The highest BCUT2D eigenvalue weighted by atomic mass is 32.1. The molecule has 0 radical (unpaired) electrons. The minimum Gasteiger partial charge on any atom is -0.463 e. The van der Waals surface area contributed by atoms with Crippen molar-refractivity contribution in [2.75, 3.05) is 6.54 Å². The van der Waals surface area contributed by atoms with E-state index in [-0.39, 0.29) is 18.0 Å². The number of hydrogen-bond donors (Lipinski definition) is 2. The highest BCUT2D eigenvalue weighted by molar-refractivity contribution is 7.10. The molecule has 4 rings (SSSR count). The Balaban J connectivity index is 1.47. The molecule has 4 aromatic rings. The van der Waals surface area contributed by atoms with Crippen LogP contribution in [0.2, 0.25) is 0 Å². The lowest BCUT2D eigenvalue weighted by Gasteiger charge is -2.19. The van der Waals surface area contributed by atoms with Crippen LogP contribution in [0.3, 0.4) is 0 Å². The zero-order valence-electron chi connectivity index (χ0n) is 15.9. The summed E-state index contributed by atoms with van der Waals surface area (Å²) in [6.45, 7) is 0.301. The van der Waals surface area contributed by atoms with Gasteiger partial charge in [0.1, 0.15) is 0 Å². The summed E-state index contributed by atoms with van der Waals surface area (Å²) in [6.07, 6.45) is 1.67. The van der Waals surface area contributed by atoms with E-state index in [0.717, 1.165) is 21.8 Å². The average molecular weight is 404 g/mol. The van der Waals surface area contributed by atoms with Crippen molar-refractivity contribution < 1.29 is 14.5 Å². The van der Waals surface area contributed by atoms with Gasteiger partial charge >= 0.3 is 0 Å². The molecular formula is C24H23N2O2S+. The lowest BCUT2D eigenvalue weighted by Crippen LogP contribution is -2.87. The Morgan fingerprint density at radius 1 is 0.897 bits per heavy atom. The zero-order chi connectivity index (χ0) is 19.9. The molecule has 0 aliphatic heterocycles. The SMILES string of the molecule is O=C(C[NH2+][C@H](c1ccccc1)c1ccco1)N[C@@H](c1ccccc1)c1cccs1. The molecule has 146 valence electrons. The molecule has 3 N–H and O–H groups in total. The summed E-state index contributed by atoms with van der Waals surface area (Å²) in [5.74, 6) is 0.821. The van der Waals surface area contributed by atoms with Gasteiger partial charge in [0.25, 0.3) is 5.91 Å². The lowest BCUT2D eigenvalue weighted by atomic mass is 10.0. The van der Waals surface area contributed by atoms with Gasteiger partial charge < -0.3 is 15.1 Å². The third kappa shape index (κ3) is 4.83. The van der Waals surface area contributed by atoms with Gasteiger partial charge in [-0.05, 0) is 29.1 Å². The molecule has 0 fully saturated rings. The summed E-state index contributed by atoms with van der Waals surface area (Å²) in [5, 5.41) is 7.24. The van der Waals surface area contributed by atoms with Gasteiger partial charge in [0, 0.05) is 10.4 Å². The Morgan fingerprint density at radius 3 is 2.24 bits per heavy atom. The van der Waals surface area contributed by atoms with Gasteiger partial charge in [0.2, 0.25) is 0 Å². The Morgan fingerprint density at radius 2 is 1.62 bits per heavy atom. The molecule has 2 aromatic heterocycles. The number of nitrogens with two attached hydrogens (primary N) is 1. The van der Waals surface area contributed by atoms with Gasteiger partial charge in [-0.2, -0.15) is 0 Å². The van der Waals surface area contributed by atoms with E-state index in [1.165, 1.54) is 0 Å². The summed E-state index contributed by atoms with van der Waals surface area (Å²) < 4.78 is 5.63. The molecule has 4 nitrogen and oxygen atoms in total. The predicted molar refractivity (Wildman–Crippen MR) is 115 cm³/mol. The molecule has 2 aromatic carbocycles. The second-order valence-corrected chi connectivity index (χ2v) is 7.75. The topological polar surface area (TPSA) is 58.9 Å². The molecule has 29 heavy (non-hydrogen) atoms. The normalized spacial score (nSPS) is 13.0. The Hall–Kier alpha value is -3.15. The number of furan rings is 1. The maximum absolute atomic E-state index is 12.9. The molecule has 0 saturated carbocycles. The van der Waals surface area contributed by atoms with Crippen LogP contribution in [-0.4, -0.2) is 12.5 Å². The minimum atomic E-state index is -0.143. The van der Waals surface area contributed by atoms with Crippen molar-refractivity contribution in [2.45, 2.75) is 12.1 Å².